The van der Waals surface area contributed by atoms with E-state index >= 15 is 0 Å². The number of carbonyl (C=O) groups excluding carboxylic acids is 1. The van der Waals surface area contributed by atoms with Crippen molar-refractivity contribution in [1.82, 2.24) is 5.32 Å². The van der Waals surface area contributed by atoms with E-state index in [2.05, 4.69) is 26.6 Å². The van der Waals surface area contributed by atoms with Crippen LogP contribution >= 0.6 is 15.9 Å². The van der Waals surface area contributed by atoms with Crippen LogP contribution in [0.2, 0.25) is 0 Å². The highest BCUT2D eigenvalue weighted by Gasteiger charge is 2.34. The van der Waals surface area contributed by atoms with Crippen molar-refractivity contribution in [2.75, 3.05) is 11.9 Å². The van der Waals surface area contributed by atoms with Crippen molar-refractivity contribution in [1.29, 1.82) is 0 Å². The monoisotopic (exact) mass is 342 g/mol. The van der Waals surface area contributed by atoms with Crippen molar-refractivity contribution in [3.63, 3.8) is 0 Å². The Kier molecular flexibility index (Phi) is 6.16. The summed E-state index contributed by atoms with van der Waals surface area (Å²) in [7, 11) is 0. The summed E-state index contributed by atoms with van der Waals surface area (Å²) < 4.78 is 0.781. The maximum Gasteiger partial charge on any atom is 0.323 e. The van der Waals surface area contributed by atoms with Crippen LogP contribution in [0.5, 0.6) is 0 Å². The average molecular weight is 343 g/mol. The Morgan fingerprint density at radius 2 is 1.85 bits per heavy atom. The lowest BCUT2D eigenvalue weighted by Crippen LogP contribution is -2.53. The number of hydrogen-bond acceptors (Lipinski definition) is 3. The van der Waals surface area contributed by atoms with Crippen LogP contribution in [0.25, 0.3) is 0 Å². The van der Waals surface area contributed by atoms with Crippen molar-refractivity contribution in [2.45, 2.75) is 32.2 Å². The minimum Gasteiger partial charge on any atom is -0.480 e. The van der Waals surface area contributed by atoms with Crippen molar-refractivity contribution in [3.8, 4) is 0 Å². The van der Waals surface area contributed by atoms with Crippen LogP contribution in [-0.4, -0.2) is 29.1 Å². The Bertz CT molecular complexity index is 487. The van der Waals surface area contributed by atoms with Gasteiger partial charge >= 0.3 is 5.97 Å². The van der Waals surface area contributed by atoms with E-state index in [-0.39, 0.29) is 12.5 Å². The summed E-state index contributed by atoms with van der Waals surface area (Å²) in [5, 5.41) is 14.8. The van der Waals surface area contributed by atoms with E-state index in [1.807, 2.05) is 18.2 Å². The number of aliphatic carboxylic acids is 1. The van der Waals surface area contributed by atoms with Crippen LogP contribution in [-0.2, 0) is 9.59 Å². The van der Waals surface area contributed by atoms with Gasteiger partial charge in [0.25, 0.3) is 0 Å². The Labute approximate surface area is 126 Å². The number of benzene rings is 1. The van der Waals surface area contributed by atoms with Gasteiger partial charge in [0.15, 0.2) is 0 Å². The summed E-state index contributed by atoms with van der Waals surface area (Å²) in [6, 6.07) is 7.25. The third kappa shape index (κ3) is 4.05. The third-order valence-corrected chi connectivity index (χ3v) is 4.04. The maximum absolute atomic E-state index is 11.9. The number of anilines is 1. The van der Waals surface area contributed by atoms with Gasteiger partial charge < -0.3 is 10.4 Å². The van der Waals surface area contributed by atoms with Crippen LogP contribution in [0.4, 0.5) is 5.69 Å². The van der Waals surface area contributed by atoms with Crippen molar-refractivity contribution in [2.24, 2.45) is 0 Å². The Hall–Kier alpha value is -1.40. The molecule has 1 aromatic rings. The molecule has 3 N–H and O–H groups in total. The van der Waals surface area contributed by atoms with Crippen LogP contribution in [0.3, 0.4) is 0 Å². The molecule has 0 saturated carbocycles. The predicted molar refractivity (Wildman–Crippen MR) is 81.7 cm³/mol. The van der Waals surface area contributed by atoms with Gasteiger partial charge in [0.1, 0.15) is 5.54 Å². The quantitative estimate of drug-likeness (QED) is 0.711. The summed E-state index contributed by atoms with van der Waals surface area (Å²) in [5.74, 6) is -1.21. The van der Waals surface area contributed by atoms with Crippen molar-refractivity contribution in [3.05, 3.63) is 28.7 Å². The second kappa shape index (κ2) is 7.40. The SMILES string of the molecule is CCC(CC)(NCC(=O)Nc1ccccc1Br)C(=O)O. The molecule has 0 atom stereocenters. The predicted octanol–water partition coefficient (Wildman–Crippen LogP) is 2.62. The normalized spacial score (nSPS) is 11.2. The molecule has 0 aliphatic heterocycles. The minimum atomic E-state index is -1.05. The number of hydrogen-bond donors (Lipinski definition) is 3. The number of para-hydroxylation sites is 1. The molecule has 0 unspecified atom stereocenters. The molecule has 1 rings (SSSR count). The second-order valence-corrected chi connectivity index (χ2v) is 5.33. The molecule has 0 aliphatic carbocycles. The number of carbonyl (C=O) groups is 2. The summed E-state index contributed by atoms with van der Waals surface area (Å²) in [4.78, 5) is 23.2. The van der Waals surface area contributed by atoms with Gasteiger partial charge in [-0.05, 0) is 40.9 Å². The van der Waals surface area contributed by atoms with E-state index in [1.165, 1.54) is 0 Å². The highest BCUT2D eigenvalue weighted by atomic mass is 79.9. The molecule has 110 valence electrons. The highest BCUT2D eigenvalue weighted by molar-refractivity contribution is 9.10. The number of halogens is 1. The van der Waals surface area contributed by atoms with Gasteiger partial charge in [0.2, 0.25) is 5.91 Å². The molecule has 6 heteroatoms. The van der Waals surface area contributed by atoms with Gasteiger partial charge in [-0.1, -0.05) is 26.0 Å². The van der Waals surface area contributed by atoms with Gasteiger partial charge in [0, 0.05) is 4.47 Å². The van der Waals surface area contributed by atoms with Crippen molar-refractivity contribution >= 4 is 33.5 Å². The molecule has 0 aromatic heterocycles. The molecule has 5 nitrogen and oxygen atoms in total. The molecule has 0 spiro atoms. The zero-order valence-corrected chi connectivity index (χ0v) is 13.2. The smallest absolute Gasteiger partial charge is 0.323 e. The summed E-state index contributed by atoms with van der Waals surface area (Å²) in [6.07, 6.45) is 0.836. The molecular formula is C14H19BrN2O3. The summed E-state index contributed by atoms with van der Waals surface area (Å²) in [5.41, 5.74) is -0.390. The zero-order valence-electron chi connectivity index (χ0n) is 11.6. The standard InChI is InChI=1S/C14H19BrN2O3/c1-3-14(4-2,13(19)20)16-9-12(18)17-11-8-6-5-7-10(11)15/h5-8,16H,3-4,9H2,1-2H3,(H,17,18)(H,19,20). The molecule has 0 fully saturated rings. The number of carboxylic acids is 1. The topological polar surface area (TPSA) is 78.4 Å². The van der Waals surface area contributed by atoms with Gasteiger partial charge in [-0.2, -0.15) is 0 Å². The first-order valence-electron chi connectivity index (χ1n) is 6.48. The molecule has 0 heterocycles. The number of nitrogens with one attached hydrogen (secondary N) is 2. The van der Waals surface area contributed by atoms with Crippen LogP contribution in [0.1, 0.15) is 26.7 Å². The van der Waals surface area contributed by atoms with E-state index in [4.69, 9.17) is 0 Å². The summed E-state index contributed by atoms with van der Waals surface area (Å²) >= 11 is 3.34. The number of amides is 1. The molecule has 0 radical (unpaired) electrons. The summed E-state index contributed by atoms with van der Waals surface area (Å²) in [6.45, 7) is 3.53. The van der Waals surface area contributed by atoms with E-state index in [0.717, 1.165) is 4.47 Å². The van der Waals surface area contributed by atoms with E-state index in [1.54, 1.807) is 19.9 Å². The molecular weight excluding hydrogens is 324 g/mol. The third-order valence-electron chi connectivity index (χ3n) is 3.35. The first-order chi connectivity index (χ1) is 9.45. The lowest BCUT2D eigenvalue weighted by atomic mass is 9.93. The molecule has 1 amide bonds. The van der Waals surface area contributed by atoms with E-state index < -0.39 is 11.5 Å². The molecule has 0 aliphatic rings. The zero-order chi connectivity index (χ0) is 15.2. The van der Waals surface area contributed by atoms with Crippen molar-refractivity contribution < 1.29 is 14.7 Å². The Morgan fingerprint density at radius 1 is 1.25 bits per heavy atom. The second-order valence-electron chi connectivity index (χ2n) is 4.48. The molecule has 0 saturated heterocycles. The number of rotatable bonds is 7. The molecule has 1 aromatic carbocycles. The molecule has 0 bridgehead atoms. The fourth-order valence-corrected chi connectivity index (χ4v) is 2.27. The number of carboxylic acid groups (broad SMARTS) is 1. The van der Waals surface area contributed by atoms with Gasteiger partial charge in [-0.15, -0.1) is 0 Å². The minimum absolute atomic E-state index is 0.0463. The lowest BCUT2D eigenvalue weighted by molar-refractivity contribution is -0.145. The maximum atomic E-state index is 11.9. The highest BCUT2D eigenvalue weighted by Crippen LogP contribution is 2.21. The van der Waals surface area contributed by atoms with Crippen LogP contribution in [0.15, 0.2) is 28.7 Å². The fraction of sp³-hybridized carbons (Fsp3) is 0.429. The van der Waals surface area contributed by atoms with Gasteiger partial charge in [-0.25, -0.2) is 0 Å². The molecule has 20 heavy (non-hydrogen) atoms. The van der Waals surface area contributed by atoms with Gasteiger partial charge in [0.05, 0.1) is 12.2 Å². The van der Waals surface area contributed by atoms with E-state index in [0.29, 0.717) is 18.5 Å². The van der Waals surface area contributed by atoms with E-state index in [9.17, 15) is 14.7 Å². The fourth-order valence-electron chi connectivity index (χ4n) is 1.88. The van der Waals surface area contributed by atoms with Crippen LogP contribution < -0.4 is 10.6 Å². The largest absolute Gasteiger partial charge is 0.480 e. The average Bonchev–Trinajstić information content (AvgIpc) is 2.43. The lowest BCUT2D eigenvalue weighted by Gasteiger charge is -2.27. The first-order valence-corrected chi connectivity index (χ1v) is 7.27. The Morgan fingerprint density at radius 3 is 2.35 bits per heavy atom. The van der Waals surface area contributed by atoms with Crippen LogP contribution in [0, 0.1) is 0 Å². The first kappa shape index (κ1) is 16.7. The van der Waals surface area contributed by atoms with Gasteiger partial charge in [-0.3, -0.25) is 14.9 Å². The Balaban J connectivity index is 2.63.